The zero-order chi connectivity index (χ0) is 15.1. The lowest BCUT2D eigenvalue weighted by molar-refractivity contribution is -0.125. The van der Waals surface area contributed by atoms with Gasteiger partial charge in [0.15, 0.2) is 5.78 Å². The number of hydrogen-bond donors (Lipinski definition) is 0. The molecule has 0 unspecified atom stereocenters. The molecule has 5 heteroatoms. The van der Waals surface area contributed by atoms with E-state index >= 15 is 0 Å². The van der Waals surface area contributed by atoms with Crippen molar-refractivity contribution < 1.29 is 19.1 Å². The van der Waals surface area contributed by atoms with E-state index in [1.165, 1.54) is 5.56 Å². The van der Waals surface area contributed by atoms with Crippen molar-refractivity contribution in [3.63, 3.8) is 0 Å². The highest BCUT2D eigenvalue weighted by Crippen LogP contribution is 2.34. The van der Waals surface area contributed by atoms with Gasteiger partial charge in [-0.05, 0) is 18.1 Å². The lowest BCUT2D eigenvalue weighted by Gasteiger charge is -2.29. The number of fused-ring (bicyclic) bond motifs is 2. The molecule has 1 amide bonds. The molecule has 3 aliphatic heterocycles. The third kappa shape index (κ3) is 2.22. The summed E-state index contributed by atoms with van der Waals surface area (Å²) in [5, 5.41) is 0. The second-order valence-electron chi connectivity index (χ2n) is 5.98. The Morgan fingerprint density at radius 1 is 1.18 bits per heavy atom. The van der Waals surface area contributed by atoms with Crippen LogP contribution in [0.1, 0.15) is 12.0 Å². The van der Waals surface area contributed by atoms with Crippen molar-refractivity contribution in [2.45, 2.75) is 37.1 Å². The summed E-state index contributed by atoms with van der Waals surface area (Å²) in [6.07, 6.45) is 3.73. The van der Waals surface area contributed by atoms with Gasteiger partial charge >= 0.3 is 6.09 Å². The van der Waals surface area contributed by atoms with E-state index in [4.69, 9.17) is 9.47 Å². The third-order valence-electron chi connectivity index (χ3n) is 4.60. The van der Waals surface area contributed by atoms with Crippen LogP contribution in [0.5, 0.6) is 0 Å². The van der Waals surface area contributed by atoms with E-state index in [0.717, 1.165) is 6.42 Å². The molecule has 2 saturated heterocycles. The van der Waals surface area contributed by atoms with Crippen molar-refractivity contribution in [2.75, 3.05) is 6.61 Å². The lowest BCUT2D eigenvalue weighted by Crippen LogP contribution is -2.46. The van der Waals surface area contributed by atoms with Gasteiger partial charge in [-0.1, -0.05) is 36.4 Å². The maximum Gasteiger partial charge on any atom is 0.410 e. The fourth-order valence-corrected chi connectivity index (χ4v) is 3.54. The topological polar surface area (TPSA) is 55.8 Å². The summed E-state index contributed by atoms with van der Waals surface area (Å²) in [5.74, 6) is -0.00840. The lowest BCUT2D eigenvalue weighted by atomic mass is 10.0. The molecule has 0 spiro atoms. The highest BCUT2D eigenvalue weighted by molar-refractivity contribution is 5.95. The summed E-state index contributed by atoms with van der Waals surface area (Å²) in [6, 6.07) is 9.93. The first-order valence-electron chi connectivity index (χ1n) is 7.59. The molecule has 4 rings (SSSR count). The van der Waals surface area contributed by atoms with Crippen molar-refractivity contribution >= 4 is 11.9 Å². The SMILES string of the molecule is O=C1C=C[C@H]2O[C@@H]1C[C@H]2N1C(=O)OC[C@H]1Cc1ccccc1. The van der Waals surface area contributed by atoms with Gasteiger partial charge < -0.3 is 9.47 Å². The van der Waals surface area contributed by atoms with Crippen LogP contribution in [0.3, 0.4) is 0 Å². The number of cyclic esters (lactones) is 1. The predicted molar refractivity (Wildman–Crippen MR) is 78.3 cm³/mol. The van der Waals surface area contributed by atoms with Gasteiger partial charge in [-0.3, -0.25) is 9.69 Å². The van der Waals surface area contributed by atoms with Gasteiger partial charge in [-0.2, -0.15) is 0 Å². The summed E-state index contributed by atoms with van der Waals surface area (Å²) < 4.78 is 11.0. The maximum atomic E-state index is 12.2. The Morgan fingerprint density at radius 3 is 2.77 bits per heavy atom. The molecule has 1 aromatic carbocycles. The van der Waals surface area contributed by atoms with Gasteiger partial charge in [0.25, 0.3) is 0 Å². The Bertz CT molecular complexity index is 627. The summed E-state index contributed by atoms with van der Waals surface area (Å²) >= 11 is 0. The number of carbonyl (C=O) groups is 2. The van der Waals surface area contributed by atoms with Gasteiger partial charge in [0, 0.05) is 6.42 Å². The van der Waals surface area contributed by atoms with E-state index in [-0.39, 0.29) is 30.1 Å². The van der Waals surface area contributed by atoms with Crippen LogP contribution in [0.2, 0.25) is 0 Å². The molecule has 1 aromatic rings. The Balaban J connectivity index is 1.55. The smallest absolute Gasteiger partial charge is 0.410 e. The summed E-state index contributed by atoms with van der Waals surface area (Å²) in [4.78, 5) is 25.7. The quantitative estimate of drug-likeness (QED) is 0.852. The molecule has 5 nitrogen and oxygen atoms in total. The highest BCUT2D eigenvalue weighted by Gasteiger charge is 2.48. The predicted octanol–water partition coefficient (Wildman–Crippen LogP) is 1.71. The van der Waals surface area contributed by atoms with Crippen LogP contribution in [-0.4, -0.2) is 47.7 Å². The number of rotatable bonds is 3. The van der Waals surface area contributed by atoms with Crippen molar-refractivity contribution in [1.82, 2.24) is 4.90 Å². The van der Waals surface area contributed by atoms with Gasteiger partial charge in [0.05, 0.1) is 18.2 Å². The number of carbonyl (C=O) groups excluding carboxylic acids is 2. The fourth-order valence-electron chi connectivity index (χ4n) is 3.54. The first-order valence-corrected chi connectivity index (χ1v) is 7.59. The zero-order valence-corrected chi connectivity index (χ0v) is 12.1. The molecular weight excluding hydrogens is 282 g/mol. The van der Waals surface area contributed by atoms with Gasteiger partial charge in [-0.15, -0.1) is 0 Å². The molecule has 0 saturated carbocycles. The molecule has 3 heterocycles. The maximum absolute atomic E-state index is 12.2. The number of ketones is 1. The number of amides is 1. The third-order valence-corrected chi connectivity index (χ3v) is 4.60. The molecule has 0 N–H and O–H groups in total. The van der Waals surface area contributed by atoms with E-state index in [0.29, 0.717) is 13.0 Å². The second-order valence-corrected chi connectivity index (χ2v) is 5.98. The number of ether oxygens (including phenoxy) is 2. The molecule has 22 heavy (non-hydrogen) atoms. The van der Waals surface area contributed by atoms with Crippen molar-refractivity contribution in [2.24, 2.45) is 0 Å². The van der Waals surface area contributed by atoms with Crippen molar-refractivity contribution in [1.29, 1.82) is 0 Å². The number of hydrogen-bond acceptors (Lipinski definition) is 4. The number of benzene rings is 1. The molecule has 0 aliphatic carbocycles. The second kappa shape index (κ2) is 5.25. The first-order chi connectivity index (χ1) is 10.7. The van der Waals surface area contributed by atoms with Gasteiger partial charge in [0.1, 0.15) is 12.7 Å². The number of nitrogens with zero attached hydrogens (tertiary/aromatic N) is 1. The molecule has 2 fully saturated rings. The minimum Gasteiger partial charge on any atom is -0.447 e. The standard InChI is InChI=1S/C17H17NO4/c19-14-6-7-15-13(9-16(14)22-15)18-12(10-21-17(18)20)8-11-4-2-1-3-5-11/h1-7,12-13,15-16H,8-10H2/t12-,13-,15-,16-/m1/s1. The van der Waals surface area contributed by atoms with Crippen LogP contribution in [0.15, 0.2) is 42.5 Å². The minimum atomic E-state index is -0.411. The van der Waals surface area contributed by atoms with Crippen LogP contribution in [-0.2, 0) is 20.7 Å². The molecular formula is C17H17NO4. The highest BCUT2D eigenvalue weighted by atomic mass is 16.6. The Kier molecular flexibility index (Phi) is 3.22. The van der Waals surface area contributed by atoms with E-state index in [1.54, 1.807) is 17.1 Å². The van der Waals surface area contributed by atoms with E-state index in [1.807, 2.05) is 30.3 Å². The normalized spacial score (nSPS) is 33.4. The summed E-state index contributed by atoms with van der Waals surface area (Å²) in [5.41, 5.74) is 1.17. The molecule has 114 valence electrons. The molecule has 3 aliphatic rings. The molecule has 0 radical (unpaired) electrons. The monoisotopic (exact) mass is 299 g/mol. The van der Waals surface area contributed by atoms with Crippen molar-refractivity contribution in [3.8, 4) is 0 Å². The minimum absolute atomic E-state index is 0.00801. The largest absolute Gasteiger partial charge is 0.447 e. The van der Waals surface area contributed by atoms with Crippen LogP contribution < -0.4 is 0 Å². The summed E-state index contributed by atoms with van der Waals surface area (Å²) in [6.45, 7) is 0.388. The average molecular weight is 299 g/mol. The van der Waals surface area contributed by atoms with Crippen LogP contribution >= 0.6 is 0 Å². The zero-order valence-electron chi connectivity index (χ0n) is 12.1. The van der Waals surface area contributed by atoms with Gasteiger partial charge in [0.2, 0.25) is 0 Å². The Morgan fingerprint density at radius 2 is 2.00 bits per heavy atom. The first kappa shape index (κ1) is 13.5. The molecule has 0 aromatic heterocycles. The Hall–Kier alpha value is -2.14. The van der Waals surface area contributed by atoms with E-state index < -0.39 is 6.10 Å². The molecule has 2 bridgehead atoms. The molecule has 4 atom stereocenters. The summed E-state index contributed by atoms with van der Waals surface area (Å²) in [7, 11) is 0. The Labute approximate surface area is 128 Å². The average Bonchev–Trinajstić information content (AvgIpc) is 3.06. The van der Waals surface area contributed by atoms with Crippen molar-refractivity contribution in [3.05, 3.63) is 48.0 Å². The fraction of sp³-hybridized carbons (Fsp3) is 0.412. The van der Waals surface area contributed by atoms with Crippen LogP contribution in [0.25, 0.3) is 0 Å². The van der Waals surface area contributed by atoms with E-state index in [2.05, 4.69) is 0 Å². The van der Waals surface area contributed by atoms with Crippen LogP contribution in [0.4, 0.5) is 4.79 Å². The van der Waals surface area contributed by atoms with E-state index in [9.17, 15) is 9.59 Å². The van der Waals surface area contributed by atoms with Gasteiger partial charge in [-0.25, -0.2) is 4.79 Å². The van der Waals surface area contributed by atoms with Crippen LogP contribution in [0, 0.1) is 0 Å².